The van der Waals surface area contributed by atoms with E-state index in [1.165, 1.54) is 25.0 Å². The summed E-state index contributed by atoms with van der Waals surface area (Å²) in [7, 11) is 0. The maximum absolute atomic E-state index is 3.60. The van der Waals surface area contributed by atoms with Crippen LogP contribution in [-0.2, 0) is 5.33 Å². The van der Waals surface area contributed by atoms with E-state index in [1.54, 1.807) is 23.1 Å². The van der Waals surface area contributed by atoms with Gasteiger partial charge in [0.25, 0.3) is 0 Å². The number of thiophene rings is 1. The lowest BCUT2D eigenvalue weighted by Gasteiger charge is -2.03. The van der Waals surface area contributed by atoms with Crippen LogP contribution in [0.3, 0.4) is 0 Å². The first kappa shape index (κ1) is 11.0. The van der Waals surface area contributed by atoms with Crippen molar-refractivity contribution in [2.75, 3.05) is 6.26 Å². The van der Waals surface area contributed by atoms with Crippen molar-refractivity contribution in [1.82, 2.24) is 0 Å². The Bertz CT molecular complexity index is 462. The first-order chi connectivity index (χ1) is 6.77. The number of halogens is 2. The third-order valence-corrected chi connectivity index (χ3v) is 5.45. The van der Waals surface area contributed by atoms with Crippen LogP contribution in [0.1, 0.15) is 5.56 Å². The Hall–Kier alpha value is 0.490. The van der Waals surface area contributed by atoms with Gasteiger partial charge < -0.3 is 0 Å². The molecule has 1 aromatic heterocycles. The Kier molecular flexibility index (Phi) is 3.58. The van der Waals surface area contributed by atoms with Crippen molar-refractivity contribution in [2.24, 2.45) is 0 Å². The predicted molar refractivity (Wildman–Crippen MR) is 73.9 cm³/mol. The van der Waals surface area contributed by atoms with E-state index in [4.69, 9.17) is 0 Å². The van der Waals surface area contributed by atoms with Gasteiger partial charge in [0.05, 0.1) is 0 Å². The number of hydrogen-bond donors (Lipinski definition) is 0. The molecule has 0 spiro atoms. The highest BCUT2D eigenvalue weighted by molar-refractivity contribution is 9.10. The molecule has 0 saturated carbocycles. The molecule has 14 heavy (non-hydrogen) atoms. The first-order valence-corrected chi connectivity index (χ1v) is 8.08. The van der Waals surface area contributed by atoms with E-state index in [1.807, 2.05) is 0 Å². The summed E-state index contributed by atoms with van der Waals surface area (Å²) in [6.07, 6.45) is 2.12. The van der Waals surface area contributed by atoms with E-state index in [0.29, 0.717) is 0 Å². The van der Waals surface area contributed by atoms with Crippen LogP contribution in [0.2, 0.25) is 0 Å². The van der Waals surface area contributed by atoms with Gasteiger partial charge in [-0.1, -0.05) is 22.0 Å². The Morgan fingerprint density at radius 3 is 2.86 bits per heavy atom. The van der Waals surface area contributed by atoms with Gasteiger partial charge in [-0.25, -0.2) is 0 Å². The van der Waals surface area contributed by atoms with Gasteiger partial charge in [0.1, 0.15) is 0 Å². The summed E-state index contributed by atoms with van der Waals surface area (Å²) in [6.45, 7) is 0. The van der Waals surface area contributed by atoms with Crippen molar-refractivity contribution < 1.29 is 0 Å². The van der Waals surface area contributed by atoms with Crippen molar-refractivity contribution >= 4 is 65.0 Å². The van der Waals surface area contributed by atoms with Crippen LogP contribution in [0.25, 0.3) is 10.1 Å². The van der Waals surface area contributed by atoms with Gasteiger partial charge in [0, 0.05) is 30.2 Å². The normalized spacial score (nSPS) is 11.1. The van der Waals surface area contributed by atoms with Gasteiger partial charge in [0.2, 0.25) is 0 Å². The van der Waals surface area contributed by atoms with Crippen molar-refractivity contribution in [1.29, 1.82) is 0 Å². The fourth-order valence-corrected chi connectivity index (χ4v) is 4.67. The average molecular weight is 352 g/mol. The molecule has 0 radical (unpaired) electrons. The second kappa shape index (κ2) is 4.56. The smallest absolute Gasteiger partial charge is 0.0406 e. The van der Waals surface area contributed by atoms with Gasteiger partial charge >= 0.3 is 0 Å². The molecule has 2 aromatic rings. The molecule has 0 fully saturated rings. The van der Waals surface area contributed by atoms with Crippen LogP contribution < -0.4 is 0 Å². The summed E-state index contributed by atoms with van der Waals surface area (Å²) in [5.41, 5.74) is 1.37. The Morgan fingerprint density at radius 1 is 1.43 bits per heavy atom. The first-order valence-electron chi connectivity index (χ1n) is 4.06. The van der Waals surface area contributed by atoms with E-state index in [0.717, 1.165) is 5.33 Å². The molecule has 2 rings (SSSR count). The van der Waals surface area contributed by atoms with Gasteiger partial charge in [-0.05, 0) is 33.8 Å². The van der Waals surface area contributed by atoms with Gasteiger partial charge in [-0.3, -0.25) is 0 Å². The number of fused-ring (bicyclic) bond motifs is 1. The molecule has 1 aromatic carbocycles. The maximum Gasteiger partial charge on any atom is 0.0406 e. The van der Waals surface area contributed by atoms with E-state index < -0.39 is 0 Å². The molecule has 0 saturated heterocycles. The van der Waals surface area contributed by atoms with E-state index in [9.17, 15) is 0 Å². The van der Waals surface area contributed by atoms with Gasteiger partial charge in [-0.15, -0.1) is 23.1 Å². The Balaban J connectivity index is 2.81. The minimum atomic E-state index is 0.922. The third-order valence-electron chi connectivity index (χ3n) is 2.08. The van der Waals surface area contributed by atoms with Crippen LogP contribution in [0.5, 0.6) is 0 Å². The lowest BCUT2D eigenvalue weighted by atomic mass is 10.2. The molecule has 4 heteroatoms. The molecule has 0 unspecified atom stereocenters. The van der Waals surface area contributed by atoms with Crippen LogP contribution in [-0.4, -0.2) is 6.26 Å². The summed E-state index contributed by atoms with van der Waals surface area (Å²) in [5.74, 6) is 0. The molecule has 74 valence electrons. The summed E-state index contributed by atoms with van der Waals surface area (Å²) in [4.78, 5) is 1.35. The molecule has 0 nitrogen and oxygen atoms in total. The van der Waals surface area contributed by atoms with Crippen molar-refractivity contribution in [2.45, 2.75) is 10.2 Å². The molecule has 0 aliphatic carbocycles. The minimum Gasteiger partial charge on any atom is -0.142 e. The molecule has 0 aliphatic rings. The van der Waals surface area contributed by atoms with Crippen LogP contribution in [0.15, 0.2) is 26.9 Å². The molecule has 0 aliphatic heterocycles. The van der Waals surface area contributed by atoms with E-state index in [2.05, 4.69) is 55.6 Å². The molecule has 0 N–H and O–H groups in total. The number of alkyl halides is 1. The largest absolute Gasteiger partial charge is 0.142 e. The number of benzene rings is 1. The fraction of sp³-hybridized carbons (Fsp3) is 0.200. The standard InChI is InChI=1S/C10H8Br2S2/c1-13-8-3-2-6(4-11)10-9(8)7(12)5-14-10/h2-3,5H,4H2,1H3. The minimum absolute atomic E-state index is 0.922. The molecular formula is C10H8Br2S2. The summed E-state index contributed by atoms with van der Waals surface area (Å²) < 4.78 is 2.60. The molecule has 0 bridgehead atoms. The zero-order valence-corrected chi connectivity index (χ0v) is 12.3. The molecule has 0 atom stereocenters. The second-order valence-corrected chi connectivity index (χ2v) is 5.99. The van der Waals surface area contributed by atoms with Crippen molar-refractivity contribution in [3.05, 3.63) is 27.5 Å². The summed E-state index contributed by atoms with van der Waals surface area (Å²) in [5, 5.41) is 4.45. The quantitative estimate of drug-likeness (QED) is 0.523. The number of thioether (sulfide) groups is 1. The van der Waals surface area contributed by atoms with Crippen LogP contribution in [0, 0.1) is 0 Å². The van der Waals surface area contributed by atoms with E-state index >= 15 is 0 Å². The zero-order valence-electron chi connectivity index (χ0n) is 7.51. The molecule has 1 heterocycles. The SMILES string of the molecule is CSc1ccc(CBr)c2scc(Br)c12. The van der Waals surface area contributed by atoms with E-state index in [-0.39, 0.29) is 0 Å². The van der Waals surface area contributed by atoms with Gasteiger partial charge in [-0.2, -0.15) is 0 Å². The van der Waals surface area contributed by atoms with Gasteiger partial charge in [0.15, 0.2) is 0 Å². The molecule has 0 amide bonds. The summed E-state index contributed by atoms with van der Waals surface area (Å²) >= 11 is 10.7. The predicted octanol–water partition coefficient (Wildman–Crippen LogP) is 5.28. The maximum atomic E-state index is 3.60. The highest BCUT2D eigenvalue weighted by Crippen LogP contribution is 2.39. The topological polar surface area (TPSA) is 0 Å². The highest BCUT2D eigenvalue weighted by atomic mass is 79.9. The lowest BCUT2D eigenvalue weighted by Crippen LogP contribution is -1.80. The average Bonchev–Trinajstić information content (AvgIpc) is 2.60. The van der Waals surface area contributed by atoms with Crippen LogP contribution in [0.4, 0.5) is 0 Å². The van der Waals surface area contributed by atoms with Crippen LogP contribution >= 0.6 is 55.0 Å². The number of rotatable bonds is 2. The Labute approximate surface area is 108 Å². The number of hydrogen-bond acceptors (Lipinski definition) is 2. The zero-order chi connectivity index (χ0) is 10.1. The lowest BCUT2D eigenvalue weighted by molar-refractivity contribution is 1.45. The van der Waals surface area contributed by atoms with Crippen molar-refractivity contribution in [3.8, 4) is 0 Å². The summed E-state index contributed by atoms with van der Waals surface area (Å²) in [6, 6.07) is 4.40. The highest BCUT2D eigenvalue weighted by Gasteiger charge is 2.09. The second-order valence-electron chi connectivity index (χ2n) is 2.85. The Morgan fingerprint density at radius 2 is 2.21 bits per heavy atom. The molecular weight excluding hydrogens is 344 g/mol. The van der Waals surface area contributed by atoms with Crippen molar-refractivity contribution in [3.63, 3.8) is 0 Å². The fourth-order valence-electron chi connectivity index (χ4n) is 1.41. The monoisotopic (exact) mass is 350 g/mol. The third kappa shape index (κ3) is 1.77.